The van der Waals surface area contributed by atoms with Gasteiger partial charge in [-0.2, -0.15) is 5.26 Å². The van der Waals surface area contributed by atoms with E-state index in [9.17, 15) is 9.59 Å². The molecule has 2 aromatic rings. The van der Waals surface area contributed by atoms with Crippen LogP contribution < -0.4 is 0 Å². The van der Waals surface area contributed by atoms with Crippen LogP contribution in [0.3, 0.4) is 0 Å². The second-order valence-electron chi connectivity index (χ2n) is 7.82. The van der Waals surface area contributed by atoms with Gasteiger partial charge in [0, 0.05) is 11.8 Å². The molecule has 0 atom stereocenters. The molecule has 2 aromatic carbocycles. The predicted octanol–water partition coefficient (Wildman–Crippen LogP) is 4.78. The molecule has 2 aliphatic rings. The average Bonchev–Trinajstić information content (AvgIpc) is 2.66. The van der Waals surface area contributed by atoms with Crippen molar-refractivity contribution < 1.29 is 14.7 Å². The number of ketones is 1. The van der Waals surface area contributed by atoms with E-state index in [0.717, 1.165) is 37.7 Å². The molecule has 0 bridgehead atoms. The summed E-state index contributed by atoms with van der Waals surface area (Å²) in [6.45, 7) is 0. The summed E-state index contributed by atoms with van der Waals surface area (Å²) in [6.07, 6.45) is 6.30. The van der Waals surface area contributed by atoms with Gasteiger partial charge in [0.2, 0.25) is 5.78 Å². The minimum atomic E-state index is -1.32. The van der Waals surface area contributed by atoms with Crippen molar-refractivity contribution in [2.45, 2.75) is 55.8 Å². The van der Waals surface area contributed by atoms with Crippen LogP contribution in [0.5, 0.6) is 0 Å². The van der Waals surface area contributed by atoms with Gasteiger partial charge in [0.15, 0.2) is 0 Å². The van der Waals surface area contributed by atoms with Crippen molar-refractivity contribution in [3.63, 3.8) is 0 Å². The van der Waals surface area contributed by atoms with Crippen LogP contribution in [0.25, 0.3) is 0 Å². The Morgan fingerprint density at radius 1 is 0.857 bits per heavy atom. The smallest absolute Gasteiger partial charge is 0.372 e. The monoisotopic (exact) mass is 375 g/mol. The lowest BCUT2D eigenvalue weighted by Gasteiger charge is -2.41. The van der Waals surface area contributed by atoms with Crippen LogP contribution in [-0.2, 0) is 20.4 Å². The molecule has 144 valence electrons. The second kappa shape index (κ2) is 8.39. The Morgan fingerprint density at radius 2 is 1.36 bits per heavy atom. The molecule has 4 heteroatoms. The first-order chi connectivity index (χ1) is 13.5. The van der Waals surface area contributed by atoms with E-state index in [1.165, 1.54) is 12.0 Å². The number of hydrogen-bond donors (Lipinski definition) is 1. The number of nitrogens with zero attached hydrogens (tertiary/aromatic N) is 1. The molecule has 2 saturated carbocycles. The van der Waals surface area contributed by atoms with Crippen LogP contribution in [0.4, 0.5) is 0 Å². The zero-order valence-electron chi connectivity index (χ0n) is 15.9. The topological polar surface area (TPSA) is 78.2 Å². The lowest BCUT2D eigenvalue weighted by Crippen LogP contribution is -2.38. The van der Waals surface area contributed by atoms with Gasteiger partial charge in [0.25, 0.3) is 0 Å². The summed E-state index contributed by atoms with van der Waals surface area (Å²) in [4.78, 5) is 21.9. The molecule has 0 radical (unpaired) electrons. The van der Waals surface area contributed by atoms with Gasteiger partial charge >= 0.3 is 5.97 Å². The van der Waals surface area contributed by atoms with Gasteiger partial charge in [-0.05, 0) is 43.2 Å². The minimum Gasteiger partial charge on any atom is -0.476 e. The summed E-state index contributed by atoms with van der Waals surface area (Å²) in [5.74, 6) is -1.99. The van der Waals surface area contributed by atoms with E-state index in [1.54, 1.807) is 0 Å². The molecule has 1 N–H and O–H groups in total. The SMILES string of the molecule is N#CC1(c2ccccc2)CCC1.O=C(O)C(=O)CC1(c2ccccc2)CCC1. The van der Waals surface area contributed by atoms with Crippen molar-refractivity contribution >= 4 is 11.8 Å². The Hall–Kier alpha value is -2.93. The van der Waals surface area contributed by atoms with E-state index >= 15 is 0 Å². The quantitative estimate of drug-likeness (QED) is 0.763. The maximum absolute atomic E-state index is 11.3. The van der Waals surface area contributed by atoms with Crippen molar-refractivity contribution in [1.29, 1.82) is 5.26 Å². The molecule has 0 spiro atoms. The van der Waals surface area contributed by atoms with E-state index in [0.29, 0.717) is 0 Å². The first kappa shape index (κ1) is 19.8. The van der Waals surface area contributed by atoms with Gasteiger partial charge in [0.05, 0.1) is 11.5 Å². The number of carbonyl (C=O) groups is 2. The van der Waals surface area contributed by atoms with Gasteiger partial charge < -0.3 is 5.11 Å². The number of carbonyl (C=O) groups excluding carboxylic acids is 1. The third kappa shape index (κ3) is 3.99. The average molecular weight is 375 g/mol. The zero-order chi connectivity index (χ0) is 20.0. The van der Waals surface area contributed by atoms with Crippen LogP contribution in [0.15, 0.2) is 60.7 Å². The molecule has 4 rings (SSSR count). The lowest BCUT2D eigenvalue weighted by molar-refractivity contribution is -0.150. The van der Waals surface area contributed by atoms with Gasteiger partial charge in [-0.1, -0.05) is 67.1 Å². The van der Waals surface area contributed by atoms with Gasteiger partial charge in [-0.25, -0.2) is 4.79 Å². The number of Topliss-reactive ketones (excluding diaryl/α,β-unsaturated/α-hetero) is 1. The summed E-state index contributed by atoms with van der Waals surface area (Å²) in [6, 6.07) is 22.3. The maximum Gasteiger partial charge on any atom is 0.372 e. The van der Waals surface area contributed by atoms with Gasteiger partial charge in [0.1, 0.15) is 0 Å². The highest BCUT2D eigenvalue weighted by molar-refractivity contribution is 6.32. The highest BCUT2D eigenvalue weighted by atomic mass is 16.4. The fourth-order valence-corrected chi connectivity index (χ4v) is 4.10. The van der Waals surface area contributed by atoms with Crippen LogP contribution in [-0.4, -0.2) is 16.9 Å². The summed E-state index contributed by atoms with van der Waals surface area (Å²) < 4.78 is 0. The molecule has 2 aliphatic carbocycles. The van der Waals surface area contributed by atoms with E-state index in [1.807, 2.05) is 48.5 Å². The number of carboxylic acids is 1. The van der Waals surface area contributed by atoms with E-state index in [2.05, 4.69) is 18.2 Å². The number of hydrogen-bond acceptors (Lipinski definition) is 3. The van der Waals surface area contributed by atoms with Gasteiger partial charge in [-0.15, -0.1) is 0 Å². The Bertz CT molecular complexity index is 860. The zero-order valence-corrected chi connectivity index (χ0v) is 15.9. The molecule has 0 unspecified atom stereocenters. The molecular weight excluding hydrogens is 350 g/mol. The largest absolute Gasteiger partial charge is 0.476 e. The summed E-state index contributed by atoms with van der Waals surface area (Å²) >= 11 is 0. The number of carboxylic acid groups (broad SMARTS) is 1. The number of benzene rings is 2. The highest BCUT2D eigenvalue weighted by Crippen LogP contribution is 2.46. The minimum absolute atomic E-state index is 0.131. The molecule has 28 heavy (non-hydrogen) atoms. The molecule has 0 saturated heterocycles. The summed E-state index contributed by atoms with van der Waals surface area (Å²) in [5, 5.41) is 17.7. The van der Waals surface area contributed by atoms with E-state index < -0.39 is 11.8 Å². The third-order valence-corrected chi connectivity index (χ3v) is 6.18. The molecule has 0 amide bonds. The molecule has 4 nitrogen and oxygen atoms in total. The maximum atomic E-state index is 11.3. The number of rotatable bonds is 5. The predicted molar refractivity (Wildman–Crippen MR) is 107 cm³/mol. The highest BCUT2D eigenvalue weighted by Gasteiger charge is 2.41. The van der Waals surface area contributed by atoms with Crippen molar-refractivity contribution in [2.24, 2.45) is 0 Å². The van der Waals surface area contributed by atoms with Crippen molar-refractivity contribution in [3.05, 3.63) is 71.8 Å². The fraction of sp³-hybridized carbons (Fsp3) is 0.375. The molecule has 0 aromatic heterocycles. The lowest BCUT2D eigenvalue weighted by atomic mass is 9.62. The Labute approximate surface area is 165 Å². The van der Waals surface area contributed by atoms with Crippen molar-refractivity contribution in [1.82, 2.24) is 0 Å². The normalized spacial score (nSPS) is 18.2. The first-order valence-corrected chi connectivity index (χ1v) is 9.80. The van der Waals surface area contributed by atoms with Crippen LogP contribution in [0.1, 0.15) is 56.1 Å². The molecule has 2 fully saturated rings. The third-order valence-electron chi connectivity index (χ3n) is 6.18. The Morgan fingerprint density at radius 3 is 1.71 bits per heavy atom. The van der Waals surface area contributed by atoms with Crippen LogP contribution in [0.2, 0.25) is 0 Å². The second-order valence-corrected chi connectivity index (χ2v) is 7.82. The van der Waals surface area contributed by atoms with Crippen molar-refractivity contribution in [3.8, 4) is 6.07 Å². The van der Waals surface area contributed by atoms with E-state index in [4.69, 9.17) is 10.4 Å². The first-order valence-electron chi connectivity index (χ1n) is 9.80. The molecular formula is C24H25NO3. The Balaban J connectivity index is 0.000000167. The molecule has 0 aliphatic heterocycles. The standard InChI is InChI=1S/C13H14O3.C11H11N/c14-11(12(15)16)9-13(7-4-8-13)10-5-2-1-3-6-10;12-9-11(7-4-8-11)10-5-2-1-3-6-10/h1-3,5-6H,4,7-9H2,(H,15,16);1-3,5-6H,4,7-8H2. The molecule has 0 heterocycles. The van der Waals surface area contributed by atoms with Crippen molar-refractivity contribution in [2.75, 3.05) is 0 Å². The Kier molecular flexibility index (Phi) is 5.94. The fourth-order valence-electron chi connectivity index (χ4n) is 4.10. The summed E-state index contributed by atoms with van der Waals surface area (Å²) in [5.41, 5.74) is 1.94. The number of aliphatic carboxylic acids is 1. The summed E-state index contributed by atoms with van der Waals surface area (Å²) in [7, 11) is 0. The number of nitriles is 1. The van der Waals surface area contributed by atoms with Gasteiger partial charge in [-0.3, -0.25) is 4.79 Å². The van der Waals surface area contributed by atoms with Crippen LogP contribution in [0, 0.1) is 11.3 Å². The van der Waals surface area contributed by atoms with E-state index in [-0.39, 0.29) is 17.3 Å². The van der Waals surface area contributed by atoms with Crippen LogP contribution >= 0.6 is 0 Å².